The summed E-state index contributed by atoms with van der Waals surface area (Å²) in [5, 5.41) is 0. The Hall–Kier alpha value is -1.89. The highest BCUT2D eigenvalue weighted by Gasteiger charge is 2.29. The maximum absolute atomic E-state index is 11.5. The Morgan fingerprint density at radius 3 is 3.07 bits per heavy atom. The second-order valence-electron chi connectivity index (χ2n) is 3.14. The van der Waals surface area contributed by atoms with Gasteiger partial charge in [0.25, 0.3) is 0 Å². The smallest absolute Gasteiger partial charge is 0.229 e. The van der Waals surface area contributed by atoms with Crippen molar-refractivity contribution in [3.63, 3.8) is 0 Å². The molecule has 4 heteroatoms. The molecular weight excluding hydrogens is 178 g/mol. The van der Waals surface area contributed by atoms with Crippen LogP contribution in [0.15, 0.2) is 18.6 Å². The average Bonchev–Trinajstić information content (AvgIpc) is 2.61. The molecule has 1 aliphatic rings. The Balaban J connectivity index is 2.22. The predicted molar refractivity (Wildman–Crippen MR) is 51.3 cm³/mol. The number of hydrogen-bond donors (Lipinski definition) is 0. The molecule has 0 saturated carbocycles. The summed E-state index contributed by atoms with van der Waals surface area (Å²) in [6.45, 7) is 0.562. The molecule has 0 bridgehead atoms. The lowest BCUT2D eigenvalue weighted by Crippen LogP contribution is -2.25. The van der Waals surface area contributed by atoms with Crippen molar-refractivity contribution in [3.05, 3.63) is 18.6 Å². The van der Waals surface area contributed by atoms with Crippen LogP contribution in [0.5, 0.6) is 0 Å². The monoisotopic (exact) mass is 187 g/mol. The number of hydrogen-bond acceptors (Lipinski definition) is 3. The first kappa shape index (κ1) is 8.70. The Labute approximate surface area is 82.0 Å². The second-order valence-corrected chi connectivity index (χ2v) is 3.14. The molecule has 0 N–H and O–H groups in total. The summed E-state index contributed by atoms with van der Waals surface area (Å²) < 4.78 is 0. The minimum atomic E-state index is 0.0115. The zero-order valence-corrected chi connectivity index (χ0v) is 7.55. The van der Waals surface area contributed by atoms with E-state index in [-0.39, 0.29) is 11.8 Å². The van der Waals surface area contributed by atoms with Gasteiger partial charge in [-0.3, -0.25) is 9.69 Å². The van der Waals surface area contributed by atoms with Gasteiger partial charge >= 0.3 is 0 Å². The summed E-state index contributed by atoms with van der Waals surface area (Å²) in [4.78, 5) is 20.9. The number of carbonyl (C=O) groups excluding carboxylic acids is 1. The average molecular weight is 187 g/mol. The van der Waals surface area contributed by atoms with Gasteiger partial charge in [-0.1, -0.05) is 0 Å². The van der Waals surface area contributed by atoms with E-state index in [9.17, 15) is 4.79 Å². The summed E-state index contributed by atoms with van der Waals surface area (Å²) in [5.74, 6) is 3.26. The number of carbonyl (C=O) groups is 1. The number of nitrogens with zero attached hydrogens (tertiary/aromatic N) is 3. The number of terminal acetylenes is 1. The Bertz CT molecular complexity index is 382. The molecule has 14 heavy (non-hydrogen) atoms. The van der Waals surface area contributed by atoms with E-state index >= 15 is 0 Å². The molecule has 4 nitrogen and oxygen atoms in total. The molecule has 1 unspecified atom stereocenters. The molecule has 1 fully saturated rings. The van der Waals surface area contributed by atoms with Gasteiger partial charge in [-0.05, 0) is 6.07 Å². The molecule has 1 aliphatic heterocycles. The number of rotatable bonds is 1. The van der Waals surface area contributed by atoms with Gasteiger partial charge in [-0.15, -0.1) is 12.3 Å². The molecule has 1 amide bonds. The van der Waals surface area contributed by atoms with Crippen molar-refractivity contribution in [2.75, 3.05) is 11.4 Å². The van der Waals surface area contributed by atoms with Crippen molar-refractivity contribution < 1.29 is 4.79 Å². The lowest BCUT2D eigenvalue weighted by Gasteiger charge is -2.13. The molecule has 0 radical (unpaired) electrons. The highest BCUT2D eigenvalue weighted by molar-refractivity contribution is 5.95. The SMILES string of the molecule is C#CC1CC(=O)N(c2ccncn2)C1. The fraction of sp³-hybridized carbons (Fsp3) is 0.300. The third kappa shape index (κ3) is 1.44. The molecular formula is C10H9N3O. The molecule has 1 aromatic rings. The molecule has 2 heterocycles. The topological polar surface area (TPSA) is 46.1 Å². The minimum absolute atomic E-state index is 0.0115. The van der Waals surface area contributed by atoms with Crippen molar-refractivity contribution in [1.82, 2.24) is 9.97 Å². The van der Waals surface area contributed by atoms with E-state index in [4.69, 9.17) is 6.42 Å². The summed E-state index contributed by atoms with van der Waals surface area (Å²) in [6, 6.07) is 1.71. The standard InChI is InChI=1S/C10H9N3O/c1-2-8-5-10(14)13(6-8)9-3-4-11-7-12-9/h1,3-4,7-8H,5-6H2. The second kappa shape index (κ2) is 3.46. The van der Waals surface area contributed by atoms with Gasteiger partial charge in [-0.25, -0.2) is 9.97 Å². The summed E-state index contributed by atoms with van der Waals surface area (Å²) >= 11 is 0. The van der Waals surface area contributed by atoms with Crippen LogP contribution < -0.4 is 4.90 Å². The van der Waals surface area contributed by atoms with Gasteiger partial charge in [0.1, 0.15) is 12.1 Å². The lowest BCUT2D eigenvalue weighted by atomic mass is 10.1. The van der Waals surface area contributed by atoms with Gasteiger partial charge in [0.2, 0.25) is 5.91 Å². The Morgan fingerprint density at radius 2 is 2.50 bits per heavy atom. The molecule has 1 aromatic heterocycles. The van der Waals surface area contributed by atoms with Crippen LogP contribution in [0.25, 0.3) is 0 Å². The Morgan fingerprint density at radius 1 is 1.64 bits per heavy atom. The van der Waals surface area contributed by atoms with Crippen molar-refractivity contribution in [1.29, 1.82) is 0 Å². The van der Waals surface area contributed by atoms with Crippen LogP contribution in [-0.2, 0) is 4.79 Å². The van der Waals surface area contributed by atoms with Crippen molar-refractivity contribution in [2.24, 2.45) is 5.92 Å². The van der Waals surface area contributed by atoms with E-state index in [1.165, 1.54) is 6.33 Å². The molecule has 0 aliphatic carbocycles. The fourth-order valence-corrected chi connectivity index (χ4v) is 1.48. The number of aromatic nitrogens is 2. The maximum atomic E-state index is 11.5. The third-order valence-electron chi connectivity index (χ3n) is 2.20. The molecule has 0 spiro atoms. The largest absolute Gasteiger partial charge is 0.295 e. The lowest BCUT2D eigenvalue weighted by molar-refractivity contribution is -0.117. The molecule has 1 atom stereocenters. The Kier molecular flexibility index (Phi) is 2.15. The summed E-state index contributed by atoms with van der Waals surface area (Å²) in [7, 11) is 0. The summed E-state index contributed by atoms with van der Waals surface area (Å²) in [5.41, 5.74) is 0. The van der Waals surface area contributed by atoms with Crippen LogP contribution >= 0.6 is 0 Å². The predicted octanol–water partition coefficient (Wildman–Crippen LogP) is 0.463. The first-order chi connectivity index (χ1) is 6.81. The highest BCUT2D eigenvalue weighted by Crippen LogP contribution is 2.21. The van der Waals surface area contributed by atoms with E-state index in [2.05, 4.69) is 15.9 Å². The van der Waals surface area contributed by atoms with Crippen LogP contribution in [0.2, 0.25) is 0 Å². The zero-order chi connectivity index (χ0) is 9.97. The van der Waals surface area contributed by atoms with E-state index in [0.29, 0.717) is 18.8 Å². The molecule has 2 rings (SSSR count). The summed E-state index contributed by atoms with van der Waals surface area (Å²) in [6.07, 6.45) is 8.72. The van der Waals surface area contributed by atoms with Gasteiger partial charge in [-0.2, -0.15) is 0 Å². The molecule has 1 saturated heterocycles. The normalized spacial score (nSPS) is 20.9. The van der Waals surface area contributed by atoms with Crippen molar-refractivity contribution in [2.45, 2.75) is 6.42 Å². The van der Waals surface area contributed by atoms with E-state index < -0.39 is 0 Å². The first-order valence-corrected chi connectivity index (χ1v) is 4.34. The van der Waals surface area contributed by atoms with Crippen LogP contribution in [0.3, 0.4) is 0 Å². The van der Waals surface area contributed by atoms with Crippen LogP contribution in [0.4, 0.5) is 5.82 Å². The minimum Gasteiger partial charge on any atom is -0.295 e. The van der Waals surface area contributed by atoms with E-state index in [1.54, 1.807) is 17.2 Å². The van der Waals surface area contributed by atoms with Gasteiger partial charge in [0.05, 0.1) is 0 Å². The van der Waals surface area contributed by atoms with E-state index in [1.807, 2.05) is 0 Å². The number of amides is 1. The van der Waals surface area contributed by atoms with Gasteiger partial charge in [0.15, 0.2) is 0 Å². The maximum Gasteiger partial charge on any atom is 0.229 e. The zero-order valence-electron chi connectivity index (χ0n) is 7.55. The van der Waals surface area contributed by atoms with E-state index in [0.717, 1.165) is 0 Å². The first-order valence-electron chi connectivity index (χ1n) is 4.34. The van der Waals surface area contributed by atoms with Crippen LogP contribution in [-0.4, -0.2) is 22.4 Å². The van der Waals surface area contributed by atoms with Gasteiger partial charge in [0, 0.05) is 25.1 Å². The number of anilines is 1. The highest BCUT2D eigenvalue weighted by atomic mass is 16.2. The molecule has 70 valence electrons. The van der Waals surface area contributed by atoms with Crippen LogP contribution in [0, 0.1) is 18.3 Å². The van der Waals surface area contributed by atoms with Crippen molar-refractivity contribution >= 4 is 11.7 Å². The van der Waals surface area contributed by atoms with Crippen LogP contribution in [0.1, 0.15) is 6.42 Å². The van der Waals surface area contributed by atoms with Gasteiger partial charge < -0.3 is 0 Å². The molecule has 0 aromatic carbocycles. The fourth-order valence-electron chi connectivity index (χ4n) is 1.48. The quantitative estimate of drug-likeness (QED) is 0.600. The third-order valence-corrected chi connectivity index (χ3v) is 2.20. The van der Waals surface area contributed by atoms with Crippen molar-refractivity contribution in [3.8, 4) is 12.3 Å².